The number of amides is 1. The third kappa shape index (κ3) is 6.51. The van der Waals surface area contributed by atoms with Gasteiger partial charge < -0.3 is 15.2 Å². The number of carboxylic acid groups (broad SMARTS) is 1. The molecule has 0 fully saturated rings. The molecule has 1 amide bonds. The van der Waals surface area contributed by atoms with Crippen LogP contribution in [0.3, 0.4) is 0 Å². The van der Waals surface area contributed by atoms with Crippen molar-refractivity contribution < 1.29 is 32.6 Å². The van der Waals surface area contributed by atoms with Crippen LogP contribution in [0.15, 0.2) is 48.5 Å². The van der Waals surface area contributed by atoms with Gasteiger partial charge in [0.05, 0.1) is 5.56 Å². The summed E-state index contributed by atoms with van der Waals surface area (Å²) in [5.74, 6) is -1.36. The second-order valence-corrected chi connectivity index (χ2v) is 7.42. The molecule has 0 aliphatic carbocycles. The fourth-order valence-corrected chi connectivity index (χ4v) is 3.15. The molecule has 0 spiro atoms. The number of carbonyl (C=O) groups excluding carboxylic acids is 1. The Kier molecular flexibility index (Phi) is 6.85. The van der Waals surface area contributed by atoms with Crippen molar-refractivity contribution in [1.82, 2.24) is 10.2 Å². The molecular formula is C20H16F3N3O4S. The van der Waals surface area contributed by atoms with Gasteiger partial charge in [-0.2, -0.15) is 13.2 Å². The van der Waals surface area contributed by atoms with E-state index in [-0.39, 0.29) is 23.8 Å². The molecule has 1 heterocycles. The van der Waals surface area contributed by atoms with E-state index in [0.29, 0.717) is 17.1 Å². The largest absolute Gasteiger partial charge is 0.486 e. The van der Waals surface area contributed by atoms with E-state index in [4.69, 9.17) is 9.84 Å². The Labute approximate surface area is 178 Å². The average Bonchev–Trinajstić information content (AvgIpc) is 3.20. The summed E-state index contributed by atoms with van der Waals surface area (Å²) in [6, 6.07) is 11.2. The number of ether oxygens (including phenoxy) is 1. The van der Waals surface area contributed by atoms with Gasteiger partial charge in [-0.25, -0.2) is 0 Å². The number of hydrogen-bond donors (Lipinski definition) is 2. The summed E-state index contributed by atoms with van der Waals surface area (Å²) in [4.78, 5) is 22.9. The highest BCUT2D eigenvalue weighted by Crippen LogP contribution is 2.31. The second-order valence-electron chi connectivity index (χ2n) is 6.36. The number of carbonyl (C=O) groups is 2. The van der Waals surface area contributed by atoms with Gasteiger partial charge in [0, 0.05) is 12.1 Å². The lowest BCUT2D eigenvalue weighted by molar-refractivity contribution is -0.138. The second kappa shape index (κ2) is 9.56. The van der Waals surface area contributed by atoms with Crippen molar-refractivity contribution in [3.8, 4) is 5.75 Å². The maximum atomic E-state index is 12.8. The first-order valence-electron chi connectivity index (χ1n) is 8.95. The molecular weight excluding hydrogens is 435 g/mol. The number of benzene rings is 2. The van der Waals surface area contributed by atoms with Gasteiger partial charge in [0.25, 0.3) is 5.91 Å². The number of nitrogens with one attached hydrogen (secondary N) is 1. The maximum absolute atomic E-state index is 12.8. The van der Waals surface area contributed by atoms with Gasteiger partial charge >= 0.3 is 12.1 Å². The Morgan fingerprint density at radius 3 is 2.52 bits per heavy atom. The topological polar surface area (TPSA) is 101 Å². The van der Waals surface area contributed by atoms with Crippen LogP contribution < -0.4 is 10.1 Å². The van der Waals surface area contributed by atoms with Crippen LogP contribution in [-0.2, 0) is 24.0 Å². The Hall–Kier alpha value is -3.47. The molecule has 3 rings (SSSR count). The van der Waals surface area contributed by atoms with Gasteiger partial charge in [0.1, 0.15) is 12.4 Å². The zero-order valence-corrected chi connectivity index (χ0v) is 16.7. The molecule has 0 bridgehead atoms. The summed E-state index contributed by atoms with van der Waals surface area (Å²) >= 11 is 0.957. The smallest absolute Gasteiger partial charge is 0.416 e. The van der Waals surface area contributed by atoms with Crippen LogP contribution in [0.1, 0.15) is 32.4 Å². The quantitative estimate of drug-likeness (QED) is 0.526. The molecule has 0 aliphatic rings. The van der Waals surface area contributed by atoms with Crippen molar-refractivity contribution in [2.24, 2.45) is 0 Å². The van der Waals surface area contributed by atoms with Crippen molar-refractivity contribution in [3.05, 3.63) is 69.7 Å². The van der Waals surface area contributed by atoms with Crippen LogP contribution in [0.4, 0.5) is 18.9 Å². The summed E-state index contributed by atoms with van der Waals surface area (Å²) in [5.41, 5.74) is 0.502. The first-order valence-corrected chi connectivity index (χ1v) is 9.77. The number of aryl methyl sites for hydroxylation is 1. The lowest BCUT2D eigenvalue weighted by Gasteiger charge is -2.09. The van der Waals surface area contributed by atoms with Crippen LogP contribution in [-0.4, -0.2) is 27.2 Å². The van der Waals surface area contributed by atoms with Crippen molar-refractivity contribution in [3.63, 3.8) is 0 Å². The number of halogens is 3. The zero-order valence-electron chi connectivity index (χ0n) is 15.8. The van der Waals surface area contributed by atoms with Crippen molar-refractivity contribution in [2.45, 2.75) is 25.6 Å². The highest BCUT2D eigenvalue weighted by molar-refractivity contribution is 7.13. The number of rotatable bonds is 8. The lowest BCUT2D eigenvalue weighted by atomic mass is 10.1. The van der Waals surface area contributed by atoms with E-state index in [0.717, 1.165) is 29.0 Å². The predicted octanol–water partition coefficient (Wildman–Crippen LogP) is 4.41. The Morgan fingerprint density at radius 2 is 1.84 bits per heavy atom. The summed E-state index contributed by atoms with van der Waals surface area (Å²) in [7, 11) is 0. The molecule has 162 valence electrons. The molecule has 0 radical (unpaired) electrons. The fourth-order valence-electron chi connectivity index (χ4n) is 2.50. The van der Waals surface area contributed by atoms with E-state index >= 15 is 0 Å². The zero-order chi connectivity index (χ0) is 22.4. The van der Waals surface area contributed by atoms with Gasteiger partial charge in [0.15, 0.2) is 5.01 Å². The van der Waals surface area contributed by atoms with Crippen molar-refractivity contribution in [1.29, 1.82) is 0 Å². The molecule has 0 saturated carbocycles. The van der Waals surface area contributed by atoms with E-state index in [1.165, 1.54) is 12.1 Å². The molecule has 0 saturated heterocycles. The predicted molar refractivity (Wildman–Crippen MR) is 106 cm³/mol. The lowest BCUT2D eigenvalue weighted by Crippen LogP contribution is -2.11. The first-order chi connectivity index (χ1) is 14.7. The monoisotopic (exact) mass is 451 g/mol. The van der Waals surface area contributed by atoms with E-state index < -0.39 is 23.6 Å². The third-order valence-corrected chi connectivity index (χ3v) is 4.92. The molecule has 11 heteroatoms. The van der Waals surface area contributed by atoms with Gasteiger partial charge in [-0.15, -0.1) is 10.2 Å². The number of aliphatic carboxylic acids is 1. The fraction of sp³-hybridized carbons (Fsp3) is 0.200. The summed E-state index contributed by atoms with van der Waals surface area (Å²) in [6.45, 7) is -0.134. The Bertz CT molecular complexity index is 1070. The molecule has 2 aromatic carbocycles. The van der Waals surface area contributed by atoms with Crippen molar-refractivity contribution >= 4 is 28.9 Å². The normalized spacial score (nSPS) is 11.2. The molecule has 31 heavy (non-hydrogen) atoms. The number of nitrogens with zero attached hydrogens (tertiary/aromatic N) is 2. The summed E-state index contributed by atoms with van der Waals surface area (Å²) < 4.78 is 43.6. The third-order valence-electron chi connectivity index (χ3n) is 4.02. The Morgan fingerprint density at radius 1 is 1.10 bits per heavy atom. The maximum Gasteiger partial charge on any atom is 0.416 e. The number of carboxylic acids is 1. The average molecular weight is 451 g/mol. The SMILES string of the molecule is O=C(O)CCc1ccc(NC(=O)c2nnc(COc3cccc(C(F)(F)F)c3)s2)cc1. The minimum atomic E-state index is -4.47. The van der Waals surface area contributed by atoms with Gasteiger partial charge in [0.2, 0.25) is 5.01 Å². The van der Waals surface area contributed by atoms with Crippen LogP contribution in [0.25, 0.3) is 0 Å². The number of alkyl halides is 3. The van der Waals surface area contributed by atoms with Crippen LogP contribution in [0.2, 0.25) is 0 Å². The van der Waals surface area contributed by atoms with E-state index in [1.54, 1.807) is 24.3 Å². The molecule has 3 aromatic rings. The molecule has 7 nitrogen and oxygen atoms in total. The standard InChI is InChI=1S/C20H16F3N3O4S/c21-20(22,23)13-2-1-3-15(10-13)30-11-16-25-26-19(31-16)18(29)24-14-7-4-12(5-8-14)6-9-17(27)28/h1-5,7-8,10H,6,9,11H2,(H,24,29)(H,27,28). The minimum Gasteiger partial charge on any atom is -0.486 e. The first kappa shape index (κ1) is 22.2. The molecule has 0 unspecified atom stereocenters. The number of hydrogen-bond acceptors (Lipinski definition) is 6. The highest BCUT2D eigenvalue weighted by atomic mass is 32.1. The molecule has 1 aromatic heterocycles. The minimum absolute atomic E-state index is 0.0157. The summed E-state index contributed by atoms with van der Waals surface area (Å²) in [5, 5.41) is 19.3. The molecule has 0 aliphatic heterocycles. The van der Waals surface area contributed by atoms with Crippen LogP contribution in [0.5, 0.6) is 5.75 Å². The van der Waals surface area contributed by atoms with E-state index in [1.807, 2.05) is 0 Å². The molecule has 0 atom stereocenters. The number of aromatic nitrogens is 2. The van der Waals surface area contributed by atoms with E-state index in [9.17, 15) is 22.8 Å². The number of anilines is 1. The van der Waals surface area contributed by atoms with Gasteiger partial charge in [-0.1, -0.05) is 29.5 Å². The van der Waals surface area contributed by atoms with Crippen LogP contribution >= 0.6 is 11.3 Å². The van der Waals surface area contributed by atoms with Crippen molar-refractivity contribution in [2.75, 3.05) is 5.32 Å². The highest BCUT2D eigenvalue weighted by Gasteiger charge is 2.30. The van der Waals surface area contributed by atoms with Gasteiger partial charge in [-0.05, 0) is 42.3 Å². The van der Waals surface area contributed by atoms with Gasteiger partial charge in [-0.3, -0.25) is 9.59 Å². The summed E-state index contributed by atoms with van der Waals surface area (Å²) in [6.07, 6.45) is -4.07. The van der Waals surface area contributed by atoms with E-state index in [2.05, 4.69) is 15.5 Å². The van der Waals surface area contributed by atoms with Crippen LogP contribution in [0, 0.1) is 0 Å². The molecule has 2 N–H and O–H groups in total. The Balaban J connectivity index is 1.55.